The first-order chi connectivity index (χ1) is 15.0. The van der Waals surface area contributed by atoms with Crippen LogP contribution in [-0.2, 0) is 4.74 Å². The number of carbonyl (C=O) groups is 1. The normalized spacial score (nSPS) is 21.5. The minimum absolute atomic E-state index is 0.0453. The van der Waals surface area contributed by atoms with E-state index in [0.29, 0.717) is 37.8 Å². The number of morpholine rings is 1. The van der Waals surface area contributed by atoms with Crippen LogP contribution in [-0.4, -0.2) is 54.3 Å². The molecule has 1 aliphatic heterocycles. The van der Waals surface area contributed by atoms with Gasteiger partial charge in [-0.3, -0.25) is 4.79 Å². The highest BCUT2D eigenvalue weighted by Crippen LogP contribution is 2.35. The van der Waals surface area contributed by atoms with E-state index in [2.05, 4.69) is 20.6 Å². The maximum atomic E-state index is 15.8. The van der Waals surface area contributed by atoms with Crippen LogP contribution < -0.4 is 27.0 Å². The lowest BCUT2D eigenvalue weighted by molar-refractivity contribution is 0.100. The molecule has 2 unspecified atom stereocenters. The monoisotopic (exact) mass is 429 g/mol. The summed E-state index contributed by atoms with van der Waals surface area (Å²) >= 11 is 0. The van der Waals surface area contributed by atoms with E-state index < -0.39 is 11.7 Å². The zero-order chi connectivity index (χ0) is 21.8. The molecule has 10 heteroatoms. The topological polar surface area (TPSA) is 131 Å². The summed E-state index contributed by atoms with van der Waals surface area (Å²) in [7, 11) is 0. The summed E-state index contributed by atoms with van der Waals surface area (Å²) in [5.41, 5.74) is 12.3. The van der Waals surface area contributed by atoms with Gasteiger partial charge >= 0.3 is 0 Å². The van der Waals surface area contributed by atoms with Gasteiger partial charge in [0.15, 0.2) is 11.6 Å². The Labute approximate surface area is 180 Å². The van der Waals surface area contributed by atoms with E-state index in [4.69, 9.17) is 16.2 Å². The number of primary amides is 1. The van der Waals surface area contributed by atoms with Crippen LogP contribution in [0, 0.1) is 5.82 Å². The SMILES string of the molecule is NC(=O)c1cccnc1Nc1cnc(N2CCOCC2)c(NC2CCCCC2N)c1F. The summed E-state index contributed by atoms with van der Waals surface area (Å²) in [6, 6.07) is 3.03. The molecule has 2 aliphatic rings. The van der Waals surface area contributed by atoms with Gasteiger partial charge < -0.3 is 31.7 Å². The molecule has 1 aliphatic carbocycles. The average Bonchev–Trinajstić information content (AvgIpc) is 2.79. The predicted octanol–water partition coefficient (Wildman–Crippen LogP) is 1.98. The number of nitrogens with zero attached hydrogens (tertiary/aromatic N) is 3. The number of ether oxygens (including phenoxy) is 1. The van der Waals surface area contributed by atoms with Gasteiger partial charge in [-0.25, -0.2) is 14.4 Å². The molecule has 2 fully saturated rings. The number of hydrogen-bond acceptors (Lipinski definition) is 8. The minimum atomic E-state index is -0.652. The molecule has 9 nitrogen and oxygen atoms in total. The van der Waals surface area contributed by atoms with E-state index in [1.807, 2.05) is 4.90 Å². The van der Waals surface area contributed by atoms with Crippen molar-refractivity contribution in [1.82, 2.24) is 9.97 Å². The second kappa shape index (κ2) is 9.44. The first-order valence-corrected chi connectivity index (χ1v) is 10.6. The van der Waals surface area contributed by atoms with E-state index >= 15 is 4.39 Å². The van der Waals surface area contributed by atoms with E-state index in [0.717, 1.165) is 25.7 Å². The maximum absolute atomic E-state index is 15.8. The number of amides is 1. The molecule has 2 aromatic rings. The van der Waals surface area contributed by atoms with Crippen LogP contribution >= 0.6 is 0 Å². The van der Waals surface area contributed by atoms with Crippen molar-refractivity contribution < 1.29 is 13.9 Å². The molecule has 1 amide bonds. The second-order valence-electron chi connectivity index (χ2n) is 7.87. The fourth-order valence-corrected chi connectivity index (χ4v) is 4.07. The molecule has 1 saturated heterocycles. The number of hydrogen-bond donors (Lipinski definition) is 4. The molecule has 0 bridgehead atoms. The number of rotatable bonds is 6. The van der Waals surface area contributed by atoms with Crippen molar-refractivity contribution in [2.75, 3.05) is 41.8 Å². The van der Waals surface area contributed by atoms with Gasteiger partial charge in [-0.05, 0) is 25.0 Å². The van der Waals surface area contributed by atoms with Gasteiger partial charge in [0.05, 0.1) is 30.7 Å². The Morgan fingerprint density at radius 3 is 2.74 bits per heavy atom. The van der Waals surface area contributed by atoms with Crippen molar-refractivity contribution in [3.63, 3.8) is 0 Å². The molecule has 2 atom stereocenters. The highest BCUT2D eigenvalue weighted by molar-refractivity contribution is 5.98. The van der Waals surface area contributed by atoms with Crippen LogP contribution in [0.3, 0.4) is 0 Å². The molecule has 1 saturated carbocycles. The van der Waals surface area contributed by atoms with Gasteiger partial charge in [0.2, 0.25) is 0 Å². The minimum Gasteiger partial charge on any atom is -0.378 e. The molecule has 0 aromatic carbocycles. The van der Waals surface area contributed by atoms with Gasteiger partial charge in [0.25, 0.3) is 5.91 Å². The Kier molecular flexibility index (Phi) is 6.47. The predicted molar refractivity (Wildman–Crippen MR) is 117 cm³/mol. The summed E-state index contributed by atoms with van der Waals surface area (Å²) in [5.74, 6) is -0.453. The quantitative estimate of drug-likeness (QED) is 0.548. The molecular weight excluding hydrogens is 401 g/mol. The molecule has 3 heterocycles. The third-order valence-electron chi connectivity index (χ3n) is 5.78. The van der Waals surface area contributed by atoms with Crippen LogP contribution in [0.25, 0.3) is 0 Å². The number of nitrogens with two attached hydrogens (primary N) is 2. The number of halogens is 1. The number of carbonyl (C=O) groups excluding carboxylic acids is 1. The van der Waals surface area contributed by atoms with Crippen LogP contribution in [0.5, 0.6) is 0 Å². The smallest absolute Gasteiger partial charge is 0.252 e. The van der Waals surface area contributed by atoms with Crippen LogP contribution in [0.2, 0.25) is 0 Å². The van der Waals surface area contributed by atoms with E-state index in [1.54, 1.807) is 6.07 Å². The lowest BCUT2D eigenvalue weighted by atomic mass is 9.91. The van der Waals surface area contributed by atoms with E-state index in [1.165, 1.54) is 18.5 Å². The molecule has 0 radical (unpaired) electrons. The highest BCUT2D eigenvalue weighted by atomic mass is 19.1. The van der Waals surface area contributed by atoms with Crippen molar-refractivity contribution in [3.05, 3.63) is 35.9 Å². The largest absolute Gasteiger partial charge is 0.378 e. The molecule has 4 rings (SSSR count). The Morgan fingerprint density at radius 1 is 1.23 bits per heavy atom. The number of aromatic nitrogens is 2. The van der Waals surface area contributed by atoms with Gasteiger partial charge in [0, 0.05) is 31.4 Å². The standard InChI is InChI=1S/C21H28FN7O2/c22-17-16(28-20-13(19(24)30)4-3-7-25-20)12-26-21(29-8-10-31-11-9-29)18(17)27-15-6-2-1-5-14(15)23/h3-4,7,12,14-15,27H,1-2,5-6,8-11,23H2,(H2,24,30)(H,25,28). The fraction of sp³-hybridized carbons (Fsp3) is 0.476. The third kappa shape index (κ3) is 4.70. The van der Waals surface area contributed by atoms with Crippen molar-refractivity contribution in [1.29, 1.82) is 0 Å². The lowest BCUT2D eigenvalue weighted by Crippen LogP contribution is -2.43. The summed E-state index contributed by atoms with van der Waals surface area (Å²) in [6.45, 7) is 2.36. The van der Waals surface area contributed by atoms with Crippen LogP contribution in [0.4, 0.5) is 27.4 Å². The second-order valence-corrected chi connectivity index (χ2v) is 7.87. The van der Waals surface area contributed by atoms with Gasteiger partial charge in [0.1, 0.15) is 11.5 Å². The molecule has 6 N–H and O–H groups in total. The average molecular weight is 430 g/mol. The third-order valence-corrected chi connectivity index (χ3v) is 5.78. The van der Waals surface area contributed by atoms with Crippen LogP contribution in [0.1, 0.15) is 36.0 Å². The highest BCUT2D eigenvalue weighted by Gasteiger charge is 2.28. The van der Waals surface area contributed by atoms with E-state index in [9.17, 15) is 4.79 Å². The molecule has 166 valence electrons. The number of anilines is 4. The number of pyridine rings is 2. The Hall–Kier alpha value is -2.98. The lowest BCUT2D eigenvalue weighted by Gasteiger charge is -2.34. The first-order valence-electron chi connectivity index (χ1n) is 10.6. The summed E-state index contributed by atoms with van der Waals surface area (Å²) in [4.78, 5) is 22.4. The molecular formula is C21H28FN7O2. The molecule has 2 aromatic heterocycles. The fourth-order valence-electron chi connectivity index (χ4n) is 4.07. The maximum Gasteiger partial charge on any atom is 0.252 e. The van der Waals surface area contributed by atoms with Gasteiger partial charge in [-0.2, -0.15) is 0 Å². The number of nitrogens with one attached hydrogen (secondary N) is 2. The zero-order valence-corrected chi connectivity index (χ0v) is 17.3. The molecule has 0 spiro atoms. The zero-order valence-electron chi connectivity index (χ0n) is 17.3. The Morgan fingerprint density at radius 2 is 2.00 bits per heavy atom. The van der Waals surface area contributed by atoms with Crippen molar-refractivity contribution >= 4 is 28.9 Å². The van der Waals surface area contributed by atoms with Gasteiger partial charge in [-0.1, -0.05) is 12.8 Å². The summed E-state index contributed by atoms with van der Waals surface area (Å²) in [5, 5.41) is 6.21. The Balaban J connectivity index is 1.70. The summed E-state index contributed by atoms with van der Waals surface area (Å²) < 4.78 is 21.2. The van der Waals surface area contributed by atoms with Crippen molar-refractivity contribution in [3.8, 4) is 0 Å². The first kappa shape index (κ1) is 21.3. The van der Waals surface area contributed by atoms with Crippen molar-refractivity contribution in [2.45, 2.75) is 37.8 Å². The van der Waals surface area contributed by atoms with Gasteiger partial charge in [-0.15, -0.1) is 0 Å². The Bertz CT molecular complexity index is 936. The van der Waals surface area contributed by atoms with Crippen molar-refractivity contribution in [2.24, 2.45) is 11.5 Å². The van der Waals surface area contributed by atoms with Crippen LogP contribution in [0.15, 0.2) is 24.5 Å². The molecule has 31 heavy (non-hydrogen) atoms. The summed E-state index contributed by atoms with van der Waals surface area (Å²) in [6.07, 6.45) is 6.79. The van der Waals surface area contributed by atoms with E-state index in [-0.39, 0.29) is 29.2 Å².